The standard InChI is InChI=1S/C26H29N3O4S/c1-4-5-6-19-8-12-22(13-9-19)29-34(32,33)23-16-7-18(2)24(17-23)26(31)28-21-14-10-20(11-15-21)25(30)27-3/h7-17,29H,4-6H2,1-3H3,(H,27,30)(H,28,31). The Kier molecular flexibility index (Phi) is 8.07. The van der Waals surface area contributed by atoms with E-state index in [1.807, 2.05) is 12.1 Å². The van der Waals surface area contributed by atoms with Gasteiger partial charge in [-0.3, -0.25) is 14.3 Å². The molecule has 0 bridgehead atoms. The highest BCUT2D eigenvalue weighted by Gasteiger charge is 2.19. The summed E-state index contributed by atoms with van der Waals surface area (Å²) in [6.07, 6.45) is 3.13. The third-order valence-electron chi connectivity index (χ3n) is 5.42. The molecule has 0 atom stereocenters. The van der Waals surface area contributed by atoms with Crippen LogP contribution in [0.25, 0.3) is 0 Å². The molecular formula is C26H29N3O4S. The fourth-order valence-corrected chi connectivity index (χ4v) is 4.48. The Balaban J connectivity index is 1.76. The van der Waals surface area contributed by atoms with Crippen molar-refractivity contribution < 1.29 is 18.0 Å². The maximum absolute atomic E-state index is 13.0. The molecule has 0 aliphatic carbocycles. The summed E-state index contributed by atoms with van der Waals surface area (Å²) in [6, 6.07) is 18.2. The molecule has 2 amide bonds. The average Bonchev–Trinajstić information content (AvgIpc) is 2.83. The van der Waals surface area contributed by atoms with Crippen LogP contribution in [0.15, 0.2) is 71.6 Å². The van der Waals surface area contributed by atoms with E-state index in [0.29, 0.717) is 22.5 Å². The molecule has 0 radical (unpaired) electrons. The molecular weight excluding hydrogens is 450 g/mol. The Morgan fingerprint density at radius 1 is 0.853 bits per heavy atom. The van der Waals surface area contributed by atoms with Crippen LogP contribution in [0, 0.1) is 6.92 Å². The number of sulfonamides is 1. The lowest BCUT2D eigenvalue weighted by molar-refractivity contribution is 0.0962. The molecule has 3 aromatic rings. The molecule has 0 aromatic heterocycles. The first-order valence-corrected chi connectivity index (χ1v) is 12.6. The normalized spacial score (nSPS) is 11.0. The van der Waals surface area contributed by atoms with Crippen LogP contribution < -0.4 is 15.4 Å². The molecule has 0 aliphatic heterocycles. The van der Waals surface area contributed by atoms with Gasteiger partial charge >= 0.3 is 0 Å². The number of hydrogen-bond acceptors (Lipinski definition) is 4. The van der Waals surface area contributed by atoms with Crippen LogP contribution in [0.5, 0.6) is 0 Å². The van der Waals surface area contributed by atoms with Crippen molar-refractivity contribution in [2.24, 2.45) is 0 Å². The zero-order valence-corrected chi connectivity index (χ0v) is 20.3. The second-order valence-electron chi connectivity index (χ2n) is 7.99. The molecule has 0 heterocycles. The summed E-state index contributed by atoms with van der Waals surface area (Å²) < 4.78 is 28.5. The van der Waals surface area contributed by atoms with Crippen molar-refractivity contribution >= 4 is 33.2 Å². The van der Waals surface area contributed by atoms with Gasteiger partial charge in [-0.05, 0) is 79.4 Å². The van der Waals surface area contributed by atoms with Crippen molar-refractivity contribution in [3.63, 3.8) is 0 Å². The zero-order chi connectivity index (χ0) is 24.7. The van der Waals surface area contributed by atoms with E-state index in [1.54, 1.807) is 56.4 Å². The molecule has 3 N–H and O–H groups in total. The molecule has 7 nitrogen and oxygen atoms in total. The Labute approximate surface area is 200 Å². The van der Waals surface area contributed by atoms with E-state index in [1.165, 1.54) is 12.1 Å². The quantitative estimate of drug-likeness (QED) is 0.412. The van der Waals surface area contributed by atoms with Crippen LogP contribution in [0.1, 0.15) is 51.6 Å². The van der Waals surface area contributed by atoms with Gasteiger partial charge in [0.25, 0.3) is 21.8 Å². The third kappa shape index (κ3) is 6.23. The van der Waals surface area contributed by atoms with Crippen LogP contribution in [-0.2, 0) is 16.4 Å². The molecule has 0 fully saturated rings. The van der Waals surface area contributed by atoms with Crippen LogP contribution in [0.2, 0.25) is 0 Å². The minimum absolute atomic E-state index is 0.00623. The number of aryl methyl sites for hydroxylation is 2. The second-order valence-corrected chi connectivity index (χ2v) is 9.68. The lowest BCUT2D eigenvalue weighted by atomic mass is 10.1. The van der Waals surface area contributed by atoms with Crippen molar-refractivity contribution in [2.45, 2.75) is 38.0 Å². The molecule has 0 aliphatic rings. The highest BCUT2D eigenvalue weighted by atomic mass is 32.2. The Bertz CT molecular complexity index is 1270. The number of carbonyl (C=O) groups excluding carboxylic acids is 2. The zero-order valence-electron chi connectivity index (χ0n) is 19.5. The first-order valence-electron chi connectivity index (χ1n) is 11.1. The first-order chi connectivity index (χ1) is 16.2. The van der Waals surface area contributed by atoms with Gasteiger partial charge in [0.15, 0.2) is 0 Å². The first kappa shape index (κ1) is 25.0. The smallest absolute Gasteiger partial charge is 0.261 e. The van der Waals surface area contributed by atoms with E-state index in [-0.39, 0.29) is 16.4 Å². The van der Waals surface area contributed by atoms with Gasteiger partial charge in [-0.2, -0.15) is 0 Å². The monoisotopic (exact) mass is 479 g/mol. The summed E-state index contributed by atoms with van der Waals surface area (Å²) in [5.41, 5.74) is 3.46. The van der Waals surface area contributed by atoms with Crippen LogP contribution in [-0.4, -0.2) is 27.3 Å². The van der Waals surface area contributed by atoms with E-state index in [0.717, 1.165) is 24.8 Å². The van der Waals surface area contributed by atoms with E-state index in [9.17, 15) is 18.0 Å². The lowest BCUT2D eigenvalue weighted by Gasteiger charge is -2.12. The predicted molar refractivity (Wildman–Crippen MR) is 135 cm³/mol. The maximum Gasteiger partial charge on any atom is 0.261 e. The van der Waals surface area contributed by atoms with Gasteiger partial charge < -0.3 is 10.6 Å². The molecule has 8 heteroatoms. The summed E-state index contributed by atoms with van der Waals surface area (Å²) in [4.78, 5) is 24.5. The topological polar surface area (TPSA) is 104 Å². The SMILES string of the molecule is CCCCc1ccc(NS(=O)(=O)c2ccc(C)c(C(=O)Nc3ccc(C(=O)NC)cc3)c2)cc1. The average molecular weight is 480 g/mol. The van der Waals surface area contributed by atoms with Crippen molar-refractivity contribution in [3.05, 3.63) is 89.0 Å². The number of rotatable bonds is 9. The number of benzene rings is 3. The minimum atomic E-state index is -3.88. The van der Waals surface area contributed by atoms with Gasteiger partial charge in [0.05, 0.1) is 4.90 Å². The highest BCUT2D eigenvalue weighted by molar-refractivity contribution is 7.92. The van der Waals surface area contributed by atoms with Gasteiger partial charge in [0, 0.05) is 29.5 Å². The summed E-state index contributed by atoms with van der Waals surface area (Å²) >= 11 is 0. The third-order valence-corrected chi connectivity index (χ3v) is 6.80. The van der Waals surface area contributed by atoms with Crippen LogP contribution >= 0.6 is 0 Å². The highest BCUT2D eigenvalue weighted by Crippen LogP contribution is 2.21. The largest absolute Gasteiger partial charge is 0.355 e. The molecule has 0 saturated heterocycles. The number of anilines is 2. The fourth-order valence-electron chi connectivity index (χ4n) is 3.40. The molecule has 34 heavy (non-hydrogen) atoms. The summed E-state index contributed by atoms with van der Waals surface area (Å²) in [5.74, 6) is -0.669. The number of unbranched alkanes of at least 4 members (excludes halogenated alkanes) is 1. The van der Waals surface area contributed by atoms with Crippen molar-refractivity contribution in [1.82, 2.24) is 5.32 Å². The number of hydrogen-bond donors (Lipinski definition) is 3. The Morgan fingerprint density at radius 2 is 1.50 bits per heavy atom. The van der Waals surface area contributed by atoms with Gasteiger partial charge in [-0.1, -0.05) is 31.5 Å². The van der Waals surface area contributed by atoms with Crippen LogP contribution in [0.3, 0.4) is 0 Å². The van der Waals surface area contributed by atoms with E-state index in [2.05, 4.69) is 22.3 Å². The summed E-state index contributed by atoms with van der Waals surface area (Å²) in [5, 5.41) is 5.28. The number of carbonyl (C=O) groups is 2. The molecule has 0 spiro atoms. The van der Waals surface area contributed by atoms with Gasteiger partial charge in [-0.25, -0.2) is 8.42 Å². The lowest BCUT2D eigenvalue weighted by Crippen LogP contribution is -2.18. The van der Waals surface area contributed by atoms with Crippen molar-refractivity contribution in [3.8, 4) is 0 Å². The van der Waals surface area contributed by atoms with E-state index < -0.39 is 15.9 Å². The van der Waals surface area contributed by atoms with Crippen LogP contribution in [0.4, 0.5) is 11.4 Å². The predicted octanol–water partition coefficient (Wildman–Crippen LogP) is 4.75. The van der Waals surface area contributed by atoms with E-state index >= 15 is 0 Å². The van der Waals surface area contributed by atoms with Gasteiger partial charge in [0.2, 0.25) is 0 Å². The molecule has 0 unspecified atom stereocenters. The van der Waals surface area contributed by atoms with Gasteiger partial charge in [0.1, 0.15) is 0 Å². The number of nitrogens with one attached hydrogen (secondary N) is 3. The maximum atomic E-state index is 13.0. The minimum Gasteiger partial charge on any atom is -0.355 e. The summed E-state index contributed by atoms with van der Waals surface area (Å²) in [7, 11) is -2.34. The Hall–Kier alpha value is -3.65. The Morgan fingerprint density at radius 3 is 2.12 bits per heavy atom. The van der Waals surface area contributed by atoms with Gasteiger partial charge in [-0.15, -0.1) is 0 Å². The van der Waals surface area contributed by atoms with Crippen molar-refractivity contribution in [2.75, 3.05) is 17.1 Å². The fraction of sp³-hybridized carbons (Fsp3) is 0.231. The van der Waals surface area contributed by atoms with E-state index in [4.69, 9.17) is 0 Å². The van der Waals surface area contributed by atoms with Crippen molar-refractivity contribution in [1.29, 1.82) is 0 Å². The molecule has 0 saturated carbocycles. The molecule has 3 rings (SSSR count). The molecule has 3 aromatic carbocycles. The summed E-state index contributed by atoms with van der Waals surface area (Å²) in [6.45, 7) is 3.87. The second kappa shape index (κ2) is 11.0. The molecule has 178 valence electrons. The number of amides is 2.